The first kappa shape index (κ1) is 19.7. The van der Waals surface area contributed by atoms with E-state index in [2.05, 4.69) is 50.8 Å². The Morgan fingerprint density at radius 1 is 1.15 bits per heavy atom. The molecule has 0 fully saturated rings. The molecule has 0 saturated heterocycles. The quantitative estimate of drug-likeness (QED) is 0.574. The summed E-state index contributed by atoms with van der Waals surface area (Å²) >= 11 is 0. The first-order valence-electron chi connectivity index (χ1n) is 10.1. The molecule has 3 nitrogen and oxygen atoms in total. The molecule has 0 saturated carbocycles. The van der Waals surface area contributed by atoms with Crippen molar-refractivity contribution in [1.82, 2.24) is 0 Å². The van der Waals surface area contributed by atoms with Crippen molar-refractivity contribution in [2.24, 2.45) is 0 Å². The first-order valence-corrected chi connectivity index (χ1v) is 10.1. The lowest BCUT2D eigenvalue weighted by Crippen LogP contribution is -2.36. The van der Waals surface area contributed by atoms with Gasteiger partial charge in [0.05, 0.1) is 0 Å². The number of carbonyl (C=O) groups is 1. The molecule has 1 aromatic carbocycles. The van der Waals surface area contributed by atoms with Crippen LogP contribution in [0, 0.1) is 0 Å². The maximum atomic E-state index is 10.8. The van der Waals surface area contributed by atoms with Crippen LogP contribution in [0.3, 0.4) is 0 Å². The molecule has 3 heteroatoms. The zero-order valence-corrected chi connectivity index (χ0v) is 17.4. The number of rotatable bonds is 4. The molecule has 0 bridgehead atoms. The number of nitrogens with zero attached hydrogens (tertiary/aromatic N) is 1. The Morgan fingerprint density at radius 2 is 1.78 bits per heavy atom. The number of carboxylic acid groups (broad SMARTS) is 1. The van der Waals surface area contributed by atoms with Gasteiger partial charge in [-0.05, 0) is 71.8 Å². The summed E-state index contributed by atoms with van der Waals surface area (Å²) in [6.07, 6.45) is 10.0. The van der Waals surface area contributed by atoms with E-state index in [0.29, 0.717) is 0 Å². The Balaban J connectivity index is 1.92. The van der Waals surface area contributed by atoms with E-state index in [9.17, 15) is 4.79 Å². The SMILES string of the molecule is CC(C=CCN1CCCc2cc3c(cc21)C(C)(C)CCC3(C)C)=CC(=O)O. The highest BCUT2D eigenvalue weighted by Gasteiger charge is 2.38. The minimum Gasteiger partial charge on any atom is -0.478 e. The number of aryl methyl sites for hydroxylation is 1. The second kappa shape index (κ2) is 7.18. The molecule has 1 heterocycles. The molecule has 27 heavy (non-hydrogen) atoms. The summed E-state index contributed by atoms with van der Waals surface area (Å²) in [6.45, 7) is 13.2. The van der Waals surface area contributed by atoms with Crippen LogP contribution in [0.25, 0.3) is 0 Å². The van der Waals surface area contributed by atoms with Gasteiger partial charge in [-0.2, -0.15) is 0 Å². The first-order chi connectivity index (χ1) is 12.6. The van der Waals surface area contributed by atoms with Gasteiger partial charge in [0.15, 0.2) is 0 Å². The van der Waals surface area contributed by atoms with E-state index in [0.717, 1.165) is 25.1 Å². The summed E-state index contributed by atoms with van der Waals surface area (Å²) in [5.41, 5.74) is 7.13. The van der Waals surface area contributed by atoms with Crippen molar-refractivity contribution in [1.29, 1.82) is 0 Å². The molecule has 146 valence electrons. The molecule has 0 unspecified atom stereocenters. The smallest absolute Gasteiger partial charge is 0.328 e. The largest absolute Gasteiger partial charge is 0.478 e. The third-order valence-electron chi connectivity index (χ3n) is 6.32. The predicted molar refractivity (Wildman–Crippen MR) is 113 cm³/mol. The fourth-order valence-corrected chi connectivity index (χ4v) is 4.52. The number of aliphatic carboxylic acids is 1. The third-order valence-corrected chi connectivity index (χ3v) is 6.32. The number of anilines is 1. The van der Waals surface area contributed by atoms with Gasteiger partial charge in [0.25, 0.3) is 0 Å². The Kier molecular flexibility index (Phi) is 5.24. The molecular formula is C24H33NO2. The van der Waals surface area contributed by atoms with Gasteiger partial charge in [-0.1, -0.05) is 45.9 Å². The van der Waals surface area contributed by atoms with Gasteiger partial charge in [-0.15, -0.1) is 0 Å². The van der Waals surface area contributed by atoms with Crippen molar-refractivity contribution in [2.45, 2.75) is 71.1 Å². The summed E-state index contributed by atoms with van der Waals surface area (Å²) in [6, 6.07) is 4.94. The summed E-state index contributed by atoms with van der Waals surface area (Å²) in [5.74, 6) is -0.892. The van der Waals surface area contributed by atoms with Crippen LogP contribution in [0.1, 0.15) is 70.6 Å². The van der Waals surface area contributed by atoms with Gasteiger partial charge in [-0.3, -0.25) is 0 Å². The van der Waals surface area contributed by atoms with Crippen LogP contribution < -0.4 is 4.90 Å². The van der Waals surface area contributed by atoms with E-state index in [-0.39, 0.29) is 10.8 Å². The standard InChI is InChI=1S/C24H33NO2/c1-17(14-22(26)27)8-6-12-25-13-7-9-18-15-19-20(16-21(18)25)24(4,5)11-10-23(19,2)3/h6,8,14-16H,7,9-13H2,1-5H3,(H,26,27). The van der Waals surface area contributed by atoms with Gasteiger partial charge in [0, 0.05) is 24.9 Å². The zero-order valence-electron chi connectivity index (χ0n) is 17.4. The van der Waals surface area contributed by atoms with E-state index in [1.165, 1.54) is 47.7 Å². The molecule has 1 N–H and O–H groups in total. The van der Waals surface area contributed by atoms with Crippen LogP contribution in [-0.4, -0.2) is 24.2 Å². The maximum Gasteiger partial charge on any atom is 0.328 e. The Labute approximate surface area is 163 Å². The lowest BCUT2D eigenvalue weighted by atomic mass is 9.62. The molecule has 0 spiro atoms. The number of hydrogen-bond acceptors (Lipinski definition) is 2. The van der Waals surface area contributed by atoms with Crippen LogP contribution >= 0.6 is 0 Å². The monoisotopic (exact) mass is 367 g/mol. The summed E-state index contributed by atoms with van der Waals surface area (Å²) < 4.78 is 0. The number of carboxylic acids is 1. The van der Waals surface area contributed by atoms with Gasteiger partial charge < -0.3 is 10.0 Å². The molecule has 0 atom stereocenters. The Hall–Kier alpha value is -2.03. The van der Waals surface area contributed by atoms with Crippen LogP contribution in [0.4, 0.5) is 5.69 Å². The van der Waals surface area contributed by atoms with E-state index < -0.39 is 5.97 Å². The zero-order chi connectivity index (χ0) is 19.8. The predicted octanol–water partition coefficient (Wildman–Crippen LogP) is 5.38. The van der Waals surface area contributed by atoms with Crippen LogP contribution in [0.5, 0.6) is 0 Å². The molecule has 1 aliphatic carbocycles. The summed E-state index contributed by atoms with van der Waals surface area (Å²) in [7, 11) is 0. The second-order valence-electron chi connectivity index (χ2n) is 9.47. The molecule has 0 aromatic heterocycles. The molecule has 1 aromatic rings. The van der Waals surface area contributed by atoms with Crippen LogP contribution in [0.2, 0.25) is 0 Å². The summed E-state index contributed by atoms with van der Waals surface area (Å²) in [4.78, 5) is 13.2. The maximum absolute atomic E-state index is 10.8. The lowest BCUT2D eigenvalue weighted by molar-refractivity contribution is -0.131. The highest BCUT2D eigenvalue weighted by Crippen LogP contribution is 2.48. The van der Waals surface area contributed by atoms with Gasteiger partial charge in [0.1, 0.15) is 0 Å². The average Bonchev–Trinajstić information content (AvgIpc) is 2.57. The van der Waals surface area contributed by atoms with E-state index in [1.807, 2.05) is 13.0 Å². The van der Waals surface area contributed by atoms with Crippen molar-refractivity contribution in [2.75, 3.05) is 18.0 Å². The second-order valence-corrected chi connectivity index (χ2v) is 9.47. The van der Waals surface area contributed by atoms with Crippen molar-refractivity contribution in [3.05, 3.63) is 52.6 Å². The Morgan fingerprint density at radius 3 is 2.41 bits per heavy atom. The highest BCUT2D eigenvalue weighted by atomic mass is 16.4. The van der Waals surface area contributed by atoms with Crippen molar-refractivity contribution < 1.29 is 9.90 Å². The molecule has 0 amide bonds. The van der Waals surface area contributed by atoms with E-state index >= 15 is 0 Å². The number of fused-ring (bicyclic) bond motifs is 2. The molecular weight excluding hydrogens is 334 g/mol. The number of hydrogen-bond donors (Lipinski definition) is 1. The Bertz CT molecular complexity index is 799. The fraction of sp³-hybridized carbons (Fsp3) is 0.542. The minimum absolute atomic E-state index is 0.222. The number of benzene rings is 1. The number of allylic oxidation sites excluding steroid dienone is 2. The lowest BCUT2D eigenvalue weighted by Gasteiger charge is -2.44. The summed E-state index contributed by atoms with van der Waals surface area (Å²) in [5, 5.41) is 8.85. The van der Waals surface area contributed by atoms with Crippen LogP contribution in [0.15, 0.2) is 35.9 Å². The van der Waals surface area contributed by atoms with Gasteiger partial charge >= 0.3 is 5.97 Å². The van der Waals surface area contributed by atoms with E-state index in [1.54, 1.807) is 0 Å². The van der Waals surface area contributed by atoms with Crippen molar-refractivity contribution >= 4 is 11.7 Å². The molecule has 0 radical (unpaired) electrons. The van der Waals surface area contributed by atoms with Gasteiger partial charge in [-0.25, -0.2) is 4.79 Å². The third kappa shape index (κ3) is 4.12. The van der Waals surface area contributed by atoms with Crippen molar-refractivity contribution in [3.63, 3.8) is 0 Å². The highest BCUT2D eigenvalue weighted by molar-refractivity contribution is 5.81. The molecule has 2 aliphatic rings. The average molecular weight is 368 g/mol. The van der Waals surface area contributed by atoms with Crippen molar-refractivity contribution in [3.8, 4) is 0 Å². The fourth-order valence-electron chi connectivity index (χ4n) is 4.52. The van der Waals surface area contributed by atoms with E-state index in [4.69, 9.17) is 5.11 Å². The minimum atomic E-state index is -0.892. The molecule has 1 aliphatic heterocycles. The van der Waals surface area contributed by atoms with Crippen LogP contribution in [-0.2, 0) is 22.0 Å². The van der Waals surface area contributed by atoms with Gasteiger partial charge in [0.2, 0.25) is 0 Å². The normalized spacial score (nSPS) is 21.1. The molecule has 3 rings (SSSR count). The topological polar surface area (TPSA) is 40.5 Å².